The first-order chi connectivity index (χ1) is 13.4. The topological polar surface area (TPSA) is 74.4 Å². The molecule has 1 aromatic carbocycles. The van der Waals surface area contributed by atoms with Crippen LogP contribution in [0.1, 0.15) is 54.2 Å². The predicted molar refractivity (Wildman–Crippen MR) is 108 cm³/mol. The summed E-state index contributed by atoms with van der Waals surface area (Å²) < 4.78 is 7.56. The molecule has 1 aliphatic rings. The lowest BCUT2D eigenvalue weighted by Crippen LogP contribution is -2.30. The highest BCUT2D eigenvalue weighted by Gasteiger charge is 2.27. The van der Waals surface area contributed by atoms with Crippen molar-refractivity contribution in [3.63, 3.8) is 0 Å². The van der Waals surface area contributed by atoms with Gasteiger partial charge >= 0.3 is 0 Å². The Hall–Kier alpha value is -2.47. The summed E-state index contributed by atoms with van der Waals surface area (Å²) in [5.41, 5.74) is 2.57. The van der Waals surface area contributed by atoms with Gasteiger partial charge in [0.15, 0.2) is 0 Å². The molecule has 150 valence electrons. The van der Waals surface area contributed by atoms with E-state index in [1.807, 2.05) is 13.0 Å². The van der Waals surface area contributed by atoms with Crippen molar-refractivity contribution in [2.75, 3.05) is 13.2 Å². The first-order valence-electron chi connectivity index (χ1n) is 9.89. The van der Waals surface area contributed by atoms with Crippen molar-refractivity contribution in [1.29, 1.82) is 0 Å². The molecular formula is C22H28N2O4. The summed E-state index contributed by atoms with van der Waals surface area (Å²) in [5, 5.41) is 11.2. The molecule has 1 saturated carbocycles. The number of hydrogen-bond acceptors (Lipinski definition) is 4. The van der Waals surface area contributed by atoms with E-state index < -0.39 is 5.92 Å². The van der Waals surface area contributed by atoms with Gasteiger partial charge in [0.25, 0.3) is 5.56 Å². The van der Waals surface area contributed by atoms with E-state index in [1.54, 1.807) is 19.3 Å². The van der Waals surface area contributed by atoms with E-state index in [4.69, 9.17) is 4.74 Å². The van der Waals surface area contributed by atoms with Crippen LogP contribution in [0.15, 0.2) is 47.4 Å². The van der Waals surface area contributed by atoms with Crippen LogP contribution in [0.4, 0.5) is 0 Å². The summed E-state index contributed by atoms with van der Waals surface area (Å²) in [6.07, 6.45) is 5.83. The highest BCUT2D eigenvalue weighted by Crippen LogP contribution is 2.34. The van der Waals surface area contributed by atoms with Gasteiger partial charge in [-0.25, -0.2) is 0 Å². The Balaban J connectivity index is 1.62. The molecule has 0 N–H and O–H groups in total. The molecule has 1 aliphatic carbocycles. The maximum Gasteiger partial charge on any atom is 0.254 e. The number of hydrogen-bond donors (Lipinski definition) is 0. The van der Waals surface area contributed by atoms with Crippen LogP contribution in [-0.2, 0) is 11.8 Å². The molecule has 1 aromatic heterocycles. The number of nitrogens with zero attached hydrogens (tertiary/aromatic N) is 2. The second-order valence-electron chi connectivity index (χ2n) is 7.82. The molecule has 1 atom stereocenters. The minimum atomic E-state index is -0.527. The number of pyridine rings is 1. The number of aromatic nitrogens is 1. The van der Waals surface area contributed by atoms with Crippen molar-refractivity contribution in [3.8, 4) is 0 Å². The van der Waals surface area contributed by atoms with Crippen LogP contribution in [0.5, 0.6) is 0 Å². The van der Waals surface area contributed by atoms with Crippen LogP contribution in [0.2, 0.25) is 0 Å². The van der Waals surface area contributed by atoms with E-state index in [1.165, 1.54) is 10.1 Å². The molecule has 0 saturated heterocycles. The molecule has 2 aromatic rings. The Bertz CT molecular complexity index is 855. The van der Waals surface area contributed by atoms with Gasteiger partial charge < -0.3 is 9.30 Å². The third-order valence-corrected chi connectivity index (χ3v) is 5.64. The number of ether oxygens (including phenoxy) is 1. The summed E-state index contributed by atoms with van der Waals surface area (Å²) in [6, 6.07) is 12.3. The van der Waals surface area contributed by atoms with Crippen LogP contribution in [0, 0.1) is 17.0 Å². The molecule has 1 unspecified atom stereocenters. The molecule has 0 bridgehead atoms. The summed E-state index contributed by atoms with van der Waals surface area (Å²) in [4.78, 5) is 23.3. The SMILES string of the molecule is Cc1cc(C(CO[C@H]2CC[C@@H](c3ccccc3)CC2)C[N+](=O)[O-])c(=O)n(C)c1. The van der Waals surface area contributed by atoms with Crippen molar-refractivity contribution in [2.24, 2.45) is 7.05 Å². The van der Waals surface area contributed by atoms with E-state index in [0.717, 1.165) is 31.2 Å². The molecule has 3 rings (SSSR count). The van der Waals surface area contributed by atoms with Gasteiger partial charge in [-0.1, -0.05) is 30.3 Å². The zero-order valence-electron chi connectivity index (χ0n) is 16.5. The summed E-state index contributed by atoms with van der Waals surface area (Å²) in [7, 11) is 1.67. The van der Waals surface area contributed by atoms with E-state index >= 15 is 0 Å². The largest absolute Gasteiger partial charge is 0.377 e. The monoisotopic (exact) mass is 384 g/mol. The standard InChI is InChI=1S/C22H28N2O4/c1-16-12-21(22(25)23(2)13-16)19(14-24(26)27)15-28-20-10-8-18(9-11-20)17-6-4-3-5-7-17/h3-7,12-13,18-20H,8-11,14-15H2,1-2H3/t18-,19?,20+. The summed E-state index contributed by atoms with van der Waals surface area (Å²) in [6.45, 7) is 1.80. The van der Waals surface area contributed by atoms with Crippen LogP contribution in [0.25, 0.3) is 0 Å². The summed E-state index contributed by atoms with van der Waals surface area (Å²) >= 11 is 0. The van der Waals surface area contributed by atoms with Crippen LogP contribution < -0.4 is 5.56 Å². The number of aryl methyl sites for hydroxylation is 2. The second-order valence-corrected chi connectivity index (χ2v) is 7.82. The van der Waals surface area contributed by atoms with Gasteiger partial charge in [0.2, 0.25) is 6.54 Å². The van der Waals surface area contributed by atoms with Crippen molar-refractivity contribution < 1.29 is 9.66 Å². The zero-order chi connectivity index (χ0) is 20.1. The molecule has 0 spiro atoms. The van der Waals surface area contributed by atoms with Crippen molar-refractivity contribution >= 4 is 0 Å². The average Bonchev–Trinajstić information content (AvgIpc) is 2.69. The molecule has 0 aliphatic heterocycles. The Morgan fingerprint density at radius 1 is 1.21 bits per heavy atom. The molecule has 0 amide bonds. The van der Waals surface area contributed by atoms with Crippen LogP contribution >= 0.6 is 0 Å². The predicted octanol–water partition coefficient (Wildman–Crippen LogP) is 3.80. The highest BCUT2D eigenvalue weighted by atomic mass is 16.6. The fraction of sp³-hybridized carbons (Fsp3) is 0.500. The molecule has 6 nitrogen and oxygen atoms in total. The minimum absolute atomic E-state index is 0.0999. The molecule has 1 fully saturated rings. The molecule has 6 heteroatoms. The van der Waals surface area contributed by atoms with E-state index in [9.17, 15) is 14.9 Å². The lowest BCUT2D eigenvalue weighted by atomic mass is 9.83. The van der Waals surface area contributed by atoms with Crippen molar-refractivity contribution in [3.05, 3.63) is 79.8 Å². The van der Waals surface area contributed by atoms with Gasteiger partial charge in [-0.2, -0.15) is 0 Å². The number of benzene rings is 1. The molecule has 1 heterocycles. The first kappa shape index (κ1) is 20.3. The third kappa shape index (κ3) is 5.07. The fourth-order valence-electron chi connectivity index (χ4n) is 4.17. The Labute approximate surface area is 165 Å². The number of nitro groups is 1. The van der Waals surface area contributed by atoms with Crippen molar-refractivity contribution in [2.45, 2.75) is 50.5 Å². The van der Waals surface area contributed by atoms with Crippen LogP contribution in [0.3, 0.4) is 0 Å². The third-order valence-electron chi connectivity index (χ3n) is 5.64. The maximum atomic E-state index is 12.5. The fourth-order valence-corrected chi connectivity index (χ4v) is 4.17. The first-order valence-corrected chi connectivity index (χ1v) is 9.89. The Morgan fingerprint density at radius 2 is 1.89 bits per heavy atom. The van der Waals surface area contributed by atoms with E-state index in [0.29, 0.717) is 11.5 Å². The maximum absolute atomic E-state index is 12.5. The second kappa shape index (κ2) is 9.15. The smallest absolute Gasteiger partial charge is 0.254 e. The highest BCUT2D eigenvalue weighted by molar-refractivity contribution is 5.22. The Morgan fingerprint density at radius 3 is 2.54 bits per heavy atom. The van der Waals surface area contributed by atoms with E-state index in [2.05, 4.69) is 24.3 Å². The van der Waals surface area contributed by atoms with Gasteiger partial charge in [0, 0.05) is 23.7 Å². The minimum Gasteiger partial charge on any atom is -0.377 e. The van der Waals surface area contributed by atoms with Gasteiger partial charge in [-0.15, -0.1) is 0 Å². The summed E-state index contributed by atoms with van der Waals surface area (Å²) in [5.74, 6) is 0.0279. The molecule has 28 heavy (non-hydrogen) atoms. The normalized spacial score (nSPS) is 20.6. The lowest BCUT2D eigenvalue weighted by Gasteiger charge is -2.29. The Kier molecular flexibility index (Phi) is 6.62. The van der Waals surface area contributed by atoms with Gasteiger partial charge in [0.05, 0.1) is 18.6 Å². The van der Waals surface area contributed by atoms with E-state index in [-0.39, 0.29) is 29.7 Å². The van der Waals surface area contributed by atoms with Gasteiger partial charge in [-0.05, 0) is 55.7 Å². The van der Waals surface area contributed by atoms with Crippen LogP contribution in [-0.4, -0.2) is 28.7 Å². The number of rotatable bonds is 7. The molecule has 0 radical (unpaired) electrons. The van der Waals surface area contributed by atoms with Crippen molar-refractivity contribution in [1.82, 2.24) is 4.57 Å². The average molecular weight is 384 g/mol. The molecular weight excluding hydrogens is 356 g/mol. The zero-order valence-corrected chi connectivity index (χ0v) is 16.5. The van der Waals surface area contributed by atoms with Gasteiger partial charge in [-0.3, -0.25) is 14.9 Å². The van der Waals surface area contributed by atoms with Gasteiger partial charge in [0.1, 0.15) is 0 Å². The quantitative estimate of drug-likeness (QED) is 0.538. The lowest BCUT2D eigenvalue weighted by molar-refractivity contribution is -0.484.